The predicted molar refractivity (Wildman–Crippen MR) is 202 cm³/mol. The predicted octanol–water partition coefficient (Wildman–Crippen LogP) is 5.40. The van der Waals surface area contributed by atoms with E-state index >= 15 is 4.39 Å². The van der Waals surface area contributed by atoms with E-state index in [0.29, 0.717) is 39.7 Å². The Balaban J connectivity index is 0.874. The zero-order valence-electron chi connectivity index (χ0n) is 30.4. The summed E-state index contributed by atoms with van der Waals surface area (Å²) in [7, 11) is 0. The first-order valence-electron chi connectivity index (χ1n) is 18.4. The molecule has 1 spiro atoms. The van der Waals surface area contributed by atoms with Crippen LogP contribution in [0.15, 0.2) is 48.9 Å². The summed E-state index contributed by atoms with van der Waals surface area (Å²) in [5.41, 5.74) is 7.49. The number of nitrogen functional groups attached to an aromatic ring is 1. The lowest BCUT2D eigenvalue weighted by Crippen LogP contribution is -2.66. The molecule has 7 heterocycles. The van der Waals surface area contributed by atoms with Gasteiger partial charge in [-0.2, -0.15) is 0 Å². The molecule has 0 aliphatic carbocycles. The molecule has 53 heavy (non-hydrogen) atoms. The first-order valence-corrected chi connectivity index (χ1v) is 18.8. The van der Waals surface area contributed by atoms with Crippen molar-refractivity contribution in [3.05, 3.63) is 65.3 Å². The summed E-state index contributed by atoms with van der Waals surface area (Å²) >= 11 is 6.01. The first-order chi connectivity index (χ1) is 25.3. The topological polar surface area (TPSA) is 137 Å². The van der Waals surface area contributed by atoms with Crippen molar-refractivity contribution >= 4 is 46.7 Å². The average molecular weight is 745 g/mol. The molecule has 15 heteroatoms. The number of imidazole rings is 1. The molecule has 8 rings (SSSR count). The lowest BCUT2D eigenvalue weighted by molar-refractivity contribution is -0.0714. The smallest absolute Gasteiger partial charge is 0.410 e. The van der Waals surface area contributed by atoms with Gasteiger partial charge >= 0.3 is 6.09 Å². The van der Waals surface area contributed by atoms with Gasteiger partial charge in [0.05, 0.1) is 0 Å². The Morgan fingerprint density at radius 2 is 1.72 bits per heavy atom. The van der Waals surface area contributed by atoms with Crippen LogP contribution in [-0.4, -0.2) is 116 Å². The van der Waals surface area contributed by atoms with Crippen LogP contribution in [0, 0.1) is 11.2 Å². The van der Waals surface area contributed by atoms with Gasteiger partial charge in [0, 0.05) is 99.2 Å². The number of rotatable bonds is 6. The molecule has 2 amide bonds. The highest BCUT2D eigenvalue weighted by Gasteiger charge is 2.48. The number of carbonyl (C=O) groups is 2. The highest BCUT2D eigenvalue weighted by Crippen LogP contribution is 2.44. The molecule has 0 bridgehead atoms. The van der Waals surface area contributed by atoms with E-state index in [1.54, 1.807) is 24.4 Å². The SMILES string of the molecule is CC(C)(C)OC(=O)N1CC(N2CCC(N3CC4(CCN(c5nc(-c6ccc(C(=O)Nc7cc(Cl)ccn7)cc6F)c6c(N)nccn56)CC4)C3)CC2)C1. The number of hydrogen-bond donors (Lipinski definition) is 2. The Bertz CT molecular complexity index is 2020. The minimum Gasteiger partial charge on any atom is -0.444 e. The molecule has 0 saturated carbocycles. The summed E-state index contributed by atoms with van der Waals surface area (Å²) in [5.74, 6) is 0.123. The number of fused-ring (bicyclic) bond motifs is 1. The Morgan fingerprint density at radius 3 is 2.40 bits per heavy atom. The van der Waals surface area contributed by atoms with E-state index in [2.05, 4.69) is 30.0 Å². The molecule has 4 aliphatic heterocycles. The Kier molecular flexibility index (Phi) is 9.18. The second kappa shape index (κ2) is 13.7. The van der Waals surface area contributed by atoms with E-state index in [4.69, 9.17) is 27.1 Å². The zero-order chi connectivity index (χ0) is 37.1. The van der Waals surface area contributed by atoms with E-state index < -0.39 is 17.3 Å². The standard InChI is InChI=1S/C38H46ClFN10O3/c1-37(2,3)53-36(52)48-20-27(21-48)46-13-7-26(8-14-46)49-22-38(23-49)9-15-47(16-10-38)35-45-31(32-33(41)43-12-17-50(32)35)28-5-4-24(18-29(28)40)34(51)44-30-19-25(39)6-11-42-30/h4-6,11-12,17-19,26-27H,7-10,13-16,20-23H2,1-3H3,(H2,41,43)(H,42,44,51). The molecule has 1 aromatic carbocycles. The molecule has 280 valence electrons. The summed E-state index contributed by atoms with van der Waals surface area (Å²) in [4.78, 5) is 47.9. The van der Waals surface area contributed by atoms with E-state index in [-0.39, 0.29) is 28.9 Å². The number of nitrogens with zero attached hydrogens (tertiary/aromatic N) is 8. The van der Waals surface area contributed by atoms with Crippen LogP contribution in [0.2, 0.25) is 5.02 Å². The number of benzene rings is 1. The minimum absolute atomic E-state index is 0.134. The van der Waals surface area contributed by atoms with Crippen molar-refractivity contribution in [3.8, 4) is 11.3 Å². The molecule has 4 aromatic rings. The molecule has 4 aliphatic rings. The number of aromatic nitrogens is 4. The number of piperidine rings is 2. The number of halogens is 2. The van der Waals surface area contributed by atoms with Crippen molar-refractivity contribution in [1.29, 1.82) is 0 Å². The third-order valence-electron chi connectivity index (χ3n) is 11.2. The van der Waals surface area contributed by atoms with Crippen LogP contribution in [0.5, 0.6) is 0 Å². The van der Waals surface area contributed by atoms with Gasteiger partial charge < -0.3 is 25.6 Å². The maximum atomic E-state index is 15.8. The van der Waals surface area contributed by atoms with Crippen LogP contribution in [0.1, 0.15) is 56.8 Å². The number of anilines is 3. The highest BCUT2D eigenvalue weighted by molar-refractivity contribution is 6.30. The Hall–Kier alpha value is -4.53. The van der Waals surface area contributed by atoms with Crippen molar-refractivity contribution in [2.45, 2.75) is 64.1 Å². The fourth-order valence-corrected chi connectivity index (χ4v) is 8.48. The number of pyridine rings is 1. The van der Waals surface area contributed by atoms with Crippen molar-refractivity contribution in [2.75, 3.05) is 68.3 Å². The van der Waals surface area contributed by atoms with Gasteiger partial charge in [-0.1, -0.05) is 11.6 Å². The van der Waals surface area contributed by atoms with Gasteiger partial charge in [0.1, 0.15) is 34.3 Å². The number of ether oxygens (including phenoxy) is 1. The fourth-order valence-electron chi connectivity index (χ4n) is 8.32. The Labute approximate surface area is 313 Å². The van der Waals surface area contributed by atoms with Gasteiger partial charge in [0.25, 0.3) is 5.91 Å². The third kappa shape index (κ3) is 7.11. The third-order valence-corrected chi connectivity index (χ3v) is 11.5. The number of carbonyl (C=O) groups excluding carboxylic acids is 2. The molecular weight excluding hydrogens is 699 g/mol. The van der Waals surface area contributed by atoms with E-state index in [1.807, 2.05) is 36.3 Å². The molecule has 0 unspecified atom stereocenters. The summed E-state index contributed by atoms with van der Waals surface area (Å²) in [6, 6.07) is 8.46. The number of amides is 2. The van der Waals surface area contributed by atoms with Crippen LogP contribution in [0.3, 0.4) is 0 Å². The monoisotopic (exact) mass is 744 g/mol. The summed E-state index contributed by atoms with van der Waals surface area (Å²) in [5, 5.41) is 3.08. The fraction of sp³-hybridized carbons (Fsp3) is 0.500. The summed E-state index contributed by atoms with van der Waals surface area (Å²) in [6.45, 7) is 13.3. The van der Waals surface area contributed by atoms with Crippen LogP contribution in [0.4, 0.5) is 26.8 Å². The summed E-state index contributed by atoms with van der Waals surface area (Å²) in [6.07, 6.45) is 9.14. The van der Waals surface area contributed by atoms with E-state index in [9.17, 15) is 9.59 Å². The average Bonchev–Trinajstić information content (AvgIpc) is 3.47. The van der Waals surface area contributed by atoms with Gasteiger partial charge in [-0.25, -0.2) is 24.1 Å². The molecule has 0 radical (unpaired) electrons. The molecule has 3 aromatic heterocycles. The van der Waals surface area contributed by atoms with E-state index in [0.717, 1.165) is 78.0 Å². The minimum atomic E-state index is -0.597. The van der Waals surface area contributed by atoms with Crippen molar-refractivity contribution in [3.63, 3.8) is 0 Å². The van der Waals surface area contributed by atoms with E-state index in [1.165, 1.54) is 18.3 Å². The summed E-state index contributed by atoms with van der Waals surface area (Å²) < 4.78 is 23.2. The van der Waals surface area contributed by atoms with Crippen molar-refractivity contribution in [1.82, 2.24) is 34.1 Å². The number of nitrogens with two attached hydrogens (primary N) is 1. The lowest BCUT2D eigenvalue weighted by Gasteiger charge is -2.58. The van der Waals surface area contributed by atoms with Crippen LogP contribution >= 0.6 is 11.6 Å². The Morgan fingerprint density at radius 1 is 0.981 bits per heavy atom. The van der Waals surface area contributed by atoms with Gasteiger partial charge in [0.15, 0.2) is 0 Å². The maximum Gasteiger partial charge on any atom is 0.410 e. The van der Waals surface area contributed by atoms with Crippen molar-refractivity contribution < 1.29 is 18.7 Å². The van der Waals surface area contributed by atoms with Gasteiger partial charge in [-0.05, 0) is 82.2 Å². The number of hydrogen-bond acceptors (Lipinski definition) is 10. The quantitative estimate of drug-likeness (QED) is 0.264. The van der Waals surface area contributed by atoms with Crippen molar-refractivity contribution in [2.24, 2.45) is 5.41 Å². The zero-order valence-corrected chi connectivity index (χ0v) is 31.2. The highest BCUT2D eigenvalue weighted by atomic mass is 35.5. The van der Waals surface area contributed by atoms with Gasteiger partial charge in [-0.15, -0.1) is 0 Å². The molecule has 3 N–H and O–H groups in total. The van der Waals surface area contributed by atoms with Crippen LogP contribution < -0.4 is 16.0 Å². The maximum absolute atomic E-state index is 15.8. The first kappa shape index (κ1) is 35.5. The van der Waals surface area contributed by atoms with Gasteiger partial charge in [0.2, 0.25) is 5.95 Å². The molecule has 13 nitrogen and oxygen atoms in total. The number of likely N-dealkylation sites (tertiary alicyclic amines) is 3. The van der Waals surface area contributed by atoms with Crippen LogP contribution in [-0.2, 0) is 4.74 Å². The molecular formula is C38H46ClFN10O3. The molecule has 4 fully saturated rings. The lowest BCUT2D eigenvalue weighted by atomic mass is 9.71. The molecule has 4 saturated heterocycles. The largest absolute Gasteiger partial charge is 0.444 e. The normalized spacial score (nSPS) is 20.0. The molecule has 0 atom stereocenters. The second-order valence-corrected chi connectivity index (χ2v) is 16.4. The van der Waals surface area contributed by atoms with Crippen LogP contribution in [0.25, 0.3) is 16.8 Å². The van der Waals surface area contributed by atoms with Gasteiger partial charge in [-0.3, -0.25) is 19.0 Å². The number of nitrogens with one attached hydrogen (secondary N) is 1. The second-order valence-electron chi connectivity index (χ2n) is 16.0.